The van der Waals surface area contributed by atoms with Crippen LogP contribution in [-0.2, 0) is 11.3 Å². The van der Waals surface area contributed by atoms with E-state index in [1.54, 1.807) is 11.3 Å². The number of rotatable bonds is 4. The van der Waals surface area contributed by atoms with E-state index >= 15 is 0 Å². The normalized spacial score (nSPS) is 18.2. The van der Waals surface area contributed by atoms with Crippen molar-refractivity contribution < 1.29 is 9.59 Å². The lowest BCUT2D eigenvalue weighted by atomic mass is 10.2. The van der Waals surface area contributed by atoms with Crippen LogP contribution >= 0.6 is 11.3 Å². The Balaban J connectivity index is 1.77. The summed E-state index contributed by atoms with van der Waals surface area (Å²) in [5, 5.41) is 6.81. The summed E-state index contributed by atoms with van der Waals surface area (Å²) in [7, 11) is 1.50. The second-order valence-electron chi connectivity index (χ2n) is 5.14. The third-order valence-electron chi connectivity index (χ3n) is 3.76. The number of carbonyl (C=O) groups excluding carboxylic acids is 2. The maximum absolute atomic E-state index is 11.9. The largest absolute Gasteiger partial charge is 0.341 e. The monoisotopic (exact) mass is 310 g/mol. The Morgan fingerprint density at radius 2 is 2.05 bits per heavy atom. The quantitative estimate of drug-likeness (QED) is 0.860. The van der Waals surface area contributed by atoms with Crippen molar-refractivity contribution in [3.05, 3.63) is 22.4 Å². The molecule has 0 aromatic carbocycles. The summed E-state index contributed by atoms with van der Waals surface area (Å²) in [5.41, 5.74) is 0. The van der Waals surface area contributed by atoms with E-state index in [0.29, 0.717) is 0 Å². The van der Waals surface area contributed by atoms with Crippen molar-refractivity contribution in [2.75, 3.05) is 33.2 Å². The lowest BCUT2D eigenvalue weighted by molar-refractivity contribution is -0.125. The molecule has 0 saturated carbocycles. The summed E-state index contributed by atoms with van der Waals surface area (Å²) < 4.78 is 0. The van der Waals surface area contributed by atoms with Crippen LogP contribution < -0.4 is 10.6 Å². The fraction of sp³-hybridized carbons (Fsp3) is 0.571. The number of imide groups is 1. The molecule has 0 unspecified atom stereocenters. The Kier molecular flexibility index (Phi) is 5.72. The van der Waals surface area contributed by atoms with Crippen LogP contribution in [0.5, 0.6) is 0 Å². The summed E-state index contributed by atoms with van der Waals surface area (Å²) in [5.74, 6) is -0.249. The second kappa shape index (κ2) is 7.53. The number of carbonyl (C=O) groups is 2. The fourth-order valence-corrected chi connectivity index (χ4v) is 3.12. The SMILES string of the molecule is CNC(=O)NC(=O)[C@H](C)N1CCN(Cc2cccs2)CC1. The molecule has 2 N–H and O–H groups in total. The van der Waals surface area contributed by atoms with Gasteiger partial charge in [0.2, 0.25) is 5.91 Å². The zero-order chi connectivity index (χ0) is 15.2. The molecule has 6 nitrogen and oxygen atoms in total. The standard InChI is InChI=1S/C14H22N4O2S/c1-11(13(19)16-14(20)15-2)18-7-5-17(6-8-18)10-12-4-3-9-21-12/h3-4,9,11H,5-8,10H2,1-2H3,(H2,15,16,19,20)/t11-/m0/s1. The highest BCUT2D eigenvalue weighted by Gasteiger charge is 2.26. The van der Waals surface area contributed by atoms with Gasteiger partial charge in [-0.05, 0) is 18.4 Å². The van der Waals surface area contributed by atoms with E-state index in [1.807, 2.05) is 6.92 Å². The first-order valence-corrected chi connectivity index (χ1v) is 7.99. The van der Waals surface area contributed by atoms with Crippen LogP contribution in [0.15, 0.2) is 17.5 Å². The summed E-state index contributed by atoms with van der Waals surface area (Å²) in [4.78, 5) is 29.0. The molecule has 1 saturated heterocycles. The summed E-state index contributed by atoms with van der Waals surface area (Å²) in [6.07, 6.45) is 0. The van der Waals surface area contributed by atoms with Crippen molar-refractivity contribution >= 4 is 23.3 Å². The van der Waals surface area contributed by atoms with Gasteiger partial charge < -0.3 is 5.32 Å². The molecule has 1 atom stereocenters. The van der Waals surface area contributed by atoms with E-state index in [4.69, 9.17) is 0 Å². The molecule has 3 amide bonds. The van der Waals surface area contributed by atoms with Gasteiger partial charge >= 0.3 is 6.03 Å². The average molecular weight is 310 g/mol. The summed E-state index contributed by atoms with van der Waals surface area (Å²) in [6.45, 7) is 6.38. The average Bonchev–Trinajstić information content (AvgIpc) is 3.00. The zero-order valence-corrected chi connectivity index (χ0v) is 13.3. The van der Waals surface area contributed by atoms with Crippen molar-refractivity contribution in [1.29, 1.82) is 0 Å². The molecule has 1 aromatic rings. The van der Waals surface area contributed by atoms with Crippen molar-refractivity contribution in [2.45, 2.75) is 19.5 Å². The molecule has 1 fully saturated rings. The number of hydrogen-bond donors (Lipinski definition) is 2. The number of thiophene rings is 1. The highest BCUT2D eigenvalue weighted by Crippen LogP contribution is 2.14. The predicted octanol–water partition coefficient (Wildman–Crippen LogP) is 0.710. The molecule has 0 spiro atoms. The third-order valence-corrected chi connectivity index (χ3v) is 4.62. The first-order chi connectivity index (χ1) is 10.1. The Labute approximate surface area is 129 Å². The van der Waals surface area contributed by atoms with Crippen molar-refractivity contribution in [2.24, 2.45) is 0 Å². The van der Waals surface area contributed by atoms with Gasteiger partial charge in [-0.3, -0.25) is 19.9 Å². The van der Waals surface area contributed by atoms with Crippen LogP contribution in [-0.4, -0.2) is 61.0 Å². The van der Waals surface area contributed by atoms with Crippen LogP contribution in [0.3, 0.4) is 0 Å². The van der Waals surface area contributed by atoms with Gasteiger partial charge in [0.05, 0.1) is 6.04 Å². The maximum Gasteiger partial charge on any atom is 0.321 e. The summed E-state index contributed by atoms with van der Waals surface area (Å²) >= 11 is 1.77. The third kappa shape index (κ3) is 4.52. The second-order valence-corrected chi connectivity index (χ2v) is 6.17. The van der Waals surface area contributed by atoms with Crippen LogP contribution in [0.2, 0.25) is 0 Å². The Hall–Kier alpha value is -1.44. The number of hydrogen-bond acceptors (Lipinski definition) is 5. The van der Waals surface area contributed by atoms with E-state index in [1.165, 1.54) is 11.9 Å². The highest BCUT2D eigenvalue weighted by atomic mass is 32.1. The van der Waals surface area contributed by atoms with Gasteiger partial charge in [0, 0.05) is 44.6 Å². The minimum absolute atomic E-state index is 0.249. The van der Waals surface area contributed by atoms with E-state index in [-0.39, 0.29) is 11.9 Å². The number of nitrogens with one attached hydrogen (secondary N) is 2. The van der Waals surface area contributed by atoms with Crippen LogP contribution in [0.25, 0.3) is 0 Å². The van der Waals surface area contributed by atoms with Gasteiger partial charge in [-0.15, -0.1) is 11.3 Å². The van der Waals surface area contributed by atoms with Crippen LogP contribution in [0, 0.1) is 0 Å². The van der Waals surface area contributed by atoms with Crippen molar-refractivity contribution in [1.82, 2.24) is 20.4 Å². The first-order valence-electron chi connectivity index (χ1n) is 7.11. The Morgan fingerprint density at radius 3 is 2.62 bits per heavy atom. The molecule has 1 aliphatic heterocycles. The lowest BCUT2D eigenvalue weighted by Gasteiger charge is -2.37. The van der Waals surface area contributed by atoms with Gasteiger partial charge in [0.15, 0.2) is 0 Å². The molecule has 1 aliphatic rings. The van der Waals surface area contributed by atoms with Gasteiger partial charge in [0.25, 0.3) is 0 Å². The number of urea groups is 1. The number of nitrogens with zero attached hydrogens (tertiary/aromatic N) is 2. The fourth-order valence-electron chi connectivity index (χ4n) is 2.38. The Bertz CT molecular complexity index is 469. The van der Waals surface area contributed by atoms with Gasteiger partial charge in [-0.1, -0.05) is 6.07 Å². The smallest absolute Gasteiger partial charge is 0.321 e. The zero-order valence-electron chi connectivity index (χ0n) is 12.5. The minimum atomic E-state index is -0.455. The van der Waals surface area contributed by atoms with E-state index < -0.39 is 6.03 Å². The molecule has 1 aromatic heterocycles. The molecular weight excluding hydrogens is 288 g/mol. The first kappa shape index (κ1) is 15.9. The van der Waals surface area contributed by atoms with Crippen molar-refractivity contribution in [3.8, 4) is 0 Å². The van der Waals surface area contributed by atoms with Gasteiger partial charge in [-0.25, -0.2) is 4.79 Å². The minimum Gasteiger partial charge on any atom is -0.341 e. The highest BCUT2D eigenvalue weighted by molar-refractivity contribution is 7.09. The molecule has 0 bridgehead atoms. The van der Waals surface area contributed by atoms with E-state index in [0.717, 1.165) is 32.7 Å². The van der Waals surface area contributed by atoms with Gasteiger partial charge in [0.1, 0.15) is 0 Å². The van der Waals surface area contributed by atoms with E-state index in [2.05, 4.69) is 37.9 Å². The van der Waals surface area contributed by atoms with Crippen LogP contribution in [0.4, 0.5) is 4.79 Å². The molecular formula is C14H22N4O2S. The molecule has 116 valence electrons. The molecule has 2 rings (SSSR count). The number of amides is 3. The Morgan fingerprint density at radius 1 is 1.33 bits per heavy atom. The molecule has 0 radical (unpaired) electrons. The molecule has 0 aliphatic carbocycles. The topological polar surface area (TPSA) is 64.7 Å². The lowest BCUT2D eigenvalue weighted by Crippen LogP contribution is -2.55. The molecule has 2 heterocycles. The van der Waals surface area contributed by atoms with Crippen LogP contribution in [0.1, 0.15) is 11.8 Å². The van der Waals surface area contributed by atoms with E-state index in [9.17, 15) is 9.59 Å². The predicted molar refractivity (Wildman–Crippen MR) is 83.2 cm³/mol. The number of piperazine rings is 1. The maximum atomic E-state index is 11.9. The summed E-state index contributed by atoms with van der Waals surface area (Å²) in [6, 6.07) is 3.48. The molecule has 21 heavy (non-hydrogen) atoms. The van der Waals surface area contributed by atoms with Crippen molar-refractivity contribution in [3.63, 3.8) is 0 Å². The molecule has 7 heteroatoms. The van der Waals surface area contributed by atoms with Gasteiger partial charge in [-0.2, -0.15) is 0 Å².